The molecule has 0 heterocycles. The summed E-state index contributed by atoms with van der Waals surface area (Å²) in [4.78, 5) is 2.49. The molecule has 0 bridgehead atoms. The summed E-state index contributed by atoms with van der Waals surface area (Å²) in [5.41, 5.74) is 19.9. The molecule has 1 nitrogen and oxygen atoms in total. The Morgan fingerprint density at radius 1 is 0.375 bits per heavy atom. The summed E-state index contributed by atoms with van der Waals surface area (Å²) in [6, 6.07) is 52.8. The average molecular weight is 616 g/mol. The van der Waals surface area contributed by atoms with Crippen molar-refractivity contribution >= 4 is 27.8 Å². The fourth-order valence-electron chi connectivity index (χ4n) is 9.11. The van der Waals surface area contributed by atoms with Crippen LogP contribution in [0.25, 0.3) is 44.2 Å². The fourth-order valence-corrected chi connectivity index (χ4v) is 9.11. The highest BCUT2D eigenvalue weighted by Crippen LogP contribution is 2.54. The van der Waals surface area contributed by atoms with Crippen molar-refractivity contribution in [3.05, 3.63) is 173 Å². The molecule has 3 aliphatic carbocycles. The Kier molecular flexibility index (Phi) is 5.53. The third-order valence-corrected chi connectivity index (χ3v) is 11.6. The molecule has 0 atom stereocenters. The van der Waals surface area contributed by atoms with E-state index in [1.807, 2.05) is 0 Å². The molecule has 0 saturated carbocycles. The third kappa shape index (κ3) is 3.73. The Hall–Kier alpha value is -5.40. The number of benzene rings is 7. The molecule has 0 aromatic heterocycles. The van der Waals surface area contributed by atoms with Gasteiger partial charge in [0.1, 0.15) is 0 Å². The van der Waals surface area contributed by atoms with Crippen molar-refractivity contribution in [2.75, 3.05) is 4.90 Å². The van der Waals surface area contributed by atoms with Crippen molar-refractivity contribution < 1.29 is 0 Å². The van der Waals surface area contributed by atoms with E-state index < -0.39 is 0 Å². The van der Waals surface area contributed by atoms with E-state index in [4.69, 9.17) is 0 Å². The number of rotatable bonds is 3. The first-order chi connectivity index (χ1) is 23.3. The molecule has 10 rings (SSSR count). The van der Waals surface area contributed by atoms with Gasteiger partial charge in [-0.05, 0) is 132 Å². The Bertz CT molecular complexity index is 2490. The van der Waals surface area contributed by atoms with Crippen LogP contribution in [-0.4, -0.2) is 0 Å². The third-order valence-electron chi connectivity index (χ3n) is 11.6. The van der Waals surface area contributed by atoms with Crippen LogP contribution >= 0.6 is 0 Å². The van der Waals surface area contributed by atoms with Crippen molar-refractivity contribution in [3.63, 3.8) is 0 Å². The van der Waals surface area contributed by atoms with Gasteiger partial charge in [0.05, 0.1) is 0 Å². The molecule has 0 spiro atoms. The van der Waals surface area contributed by atoms with E-state index in [2.05, 4.69) is 172 Å². The minimum Gasteiger partial charge on any atom is -0.310 e. The normalized spacial score (nSPS) is 15.3. The minimum absolute atomic E-state index is 0.0296. The van der Waals surface area contributed by atoms with Crippen LogP contribution in [0.5, 0.6) is 0 Å². The lowest BCUT2D eigenvalue weighted by molar-refractivity contribution is 0.660. The van der Waals surface area contributed by atoms with E-state index in [1.165, 1.54) is 94.6 Å². The predicted octanol–water partition coefficient (Wildman–Crippen LogP) is 12.5. The van der Waals surface area contributed by atoms with Gasteiger partial charge in [-0.3, -0.25) is 0 Å². The zero-order valence-electron chi connectivity index (χ0n) is 27.9. The van der Waals surface area contributed by atoms with Crippen LogP contribution in [0.3, 0.4) is 0 Å². The van der Waals surface area contributed by atoms with Crippen LogP contribution in [0.1, 0.15) is 61.1 Å². The first kappa shape index (κ1) is 27.7. The maximum absolute atomic E-state index is 2.49. The zero-order chi connectivity index (χ0) is 32.4. The molecule has 230 valence electrons. The molecule has 7 aromatic carbocycles. The average Bonchev–Trinajstić information content (AvgIpc) is 3.67. The number of fused-ring (bicyclic) bond motifs is 10. The summed E-state index contributed by atoms with van der Waals surface area (Å²) in [5.74, 6) is 0. The smallest absolute Gasteiger partial charge is 0.0468 e. The molecule has 48 heavy (non-hydrogen) atoms. The quantitative estimate of drug-likeness (QED) is 0.191. The van der Waals surface area contributed by atoms with E-state index in [-0.39, 0.29) is 10.8 Å². The zero-order valence-corrected chi connectivity index (χ0v) is 27.9. The molecular weight excluding hydrogens is 579 g/mol. The van der Waals surface area contributed by atoms with Crippen molar-refractivity contribution in [3.8, 4) is 33.4 Å². The topological polar surface area (TPSA) is 3.24 Å². The van der Waals surface area contributed by atoms with Crippen LogP contribution in [-0.2, 0) is 17.3 Å². The molecule has 7 aromatic rings. The van der Waals surface area contributed by atoms with Crippen molar-refractivity contribution in [2.45, 2.75) is 44.9 Å². The van der Waals surface area contributed by atoms with Gasteiger partial charge in [-0.25, -0.2) is 0 Å². The Morgan fingerprint density at radius 3 is 1.58 bits per heavy atom. The molecular formula is C47H37N. The van der Waals surface area contributed by atoms with E-state index in [9.17, 15) is 0 Å². The first-order valence-electron chi connectivity index (χ1n) is 17.2. The van der Waals surface area contributed by atoms with Crippen molar-refractivity contribution in [2.24, 2.45) is 0 Å². The van der Waals surface area contributed by atoms with Crippen LogP contribution < -0.4 is 4.90 Å². The molecule has 3 aliphatic rings. The van der Waals surface area contributed by atoms with Gasteiger partial charge in [-0.15, -0.1) is 0 Å². The maximum atomic E-state index is 2.49. The highest BCUT2D eigenvalue weighted by Gasteiger charge is 2.38. The van der Waals surface area contributed by atoms with E-state index in [0.717, 1.165) is 6.42 Å². The van der Waals surface area contributed by atoms with E-state index in [1.54, 1.807) is 0 Å². The fraction of sp³-hybridized carbons (Fsp3) is 0.149. The van der Waals surface area contributed by atoms with Crippen LogP contribution in [0.2, 0.25) is 0 Å². The van der Waals surface area contributed by atoms with Gasteiger partial charge < -0.3 is 4.90 Å². The summed E-state index contributed by atoms with van der Waals surface area (Å²) in [7, 11) is 0. The van der Waals surface area contributed by atoms with E-state index >= 15 is 0 Å². The maximum Gasteiger partial charge on any atom is 0.0468 e. The standard InChI is InChI=1S/C47H37N/c1-46(2)42-16-10-9-15-37(42)40-27-34(19-21-43(40)46)48(33-18-17-32-23-31-13-7-8-14-36(31)38(32)26-33)35-20-22-44-41(28-35)39-24-29-11-5-6-12-30(29)25-45(39)47(44,3)4/h5-22,24-28H,23H2,1-4H3. The monoisotopic (exact) mass is 615 g/mol. The number of hydrogen-bond acceptors (Lipinski definition) is 1. The van der Waals surface area contributed by atoms with Gasteiger partial charge in [-0.2, -0.15) is 0 Å². The highest BCUT2D eigenvalue weighted by atomic mass is 15.1. The highest BCUT2D eigenvalue weighted by molar-refractivity contribution is 5.96. The van der Waals surface area contributed by atoms with Gasteiger partial charge >= 0.3 is 0 Å². The van der Waals surface area contributed by atoms with Gasteiger partial charge in [0.15, 0.2) is 0 Å². The van der Waals surface area contributed by atoms with Crippen LogP contribution in [0.15, 0.2) is 140 Å². The second-order valence-corrected chi connectivity index (χ2v) is 15.0. The molecule has 0 unspecified atom stereocenters. The molecule has 0 amide bonds. The van der Waals surface area contributed by atoms with Gasteiger partial charge in [0.2, 0.25) is 0 Å². The molecule has 0 radical (unpaired) electrons. The summed E-state index contributed by atoms with van der Waals surface area (Å²) in [6.45, 7) is 9.47. The molecule has 0 N–H and O–H groups in total. The lowest BCUT2D eigenvalue weighted by Gasteiger charge is -2.29. The first-order valence-corrected chi connectivity index (χ1v) is 17.2. The molecule has 0 aliphatic heterocycles. The van der Waals surface area contributed by atoms with E-state index in [0.29, 0.717) is 0 Å². The van der Waals surface area contributed by atoms with Crippen LogP contribution in [0, 0.1) is 0 Å². The minimum atomic E-state index is -0.0712. The number of anilines is 3. The van der Waals surface area contributed by atoms with Gasteiger partial charge in [0, 0.05) is 27.9 Å². The lowest BCUT2D eigenvalue weighted by Crippen LogP contribution is -2.16. The second-order valence-electron chi connectivity index (χ2n) is 15.0. The molecule has 1 heteroatoms. The SMILES string of the molecule is CC1(C)c2ccccc2-c2cc(N(c3ccc4c(c3)-c3ccccc3C4)c3ccc4c(c3)-c3cc5ccccc5cc3C4(C)C)ccc21. The molecule has 0 fully saturated rings. The largest absolute Gasteiger partial charge is 0.310 e. The number of hydrogen-bond donors (Lipinski definition) is 0. The Morgan fingerprint density at radius 2 is 0.854 bits per heavy atom. The Labute approximate surface area is 283 Å². The van der Waals surface area contributed by atoms with Crippen LogP contribution in [0.4, 0.5) is 17.1 Å². The Balaban J connectivity index is 1.20. The summed E-state index contributed by atoms with van der Waals surface area (Å²) < 4.78 is 0. The van der Waals surface area contributed by atoms with Gasteiger partial charge in [-0.1, -0.05) is 119 Å². The summed E-state index contributed by atoms with van der Waals surface area (Å²) in [5, 5.41) is 2.60. The van der Waals surface area contributed by atoms with Gasteiger partial charge in [0.25, 0.3) is 0 Å². The summed E-state index contributed by atoms with van der Waals surface area (Å²) >= 11 is 0. The van der Waals surface area contributed by atoms with Crippen molar-refractivity contribution in [1.29, 1.82) is 0 Å². The lowest BCUT2D eigenvalue weighted by atomic mass is 9.82. The predicted molar refractivity (Wildman–Crippen MR) is 202 cm³/mol. The molecule has 0 saturated heterocycles. The number of nitrogens with zero attached hydrogens (tertiary/aromatic N) is 1. The second kappa shape index (κ2) is 9.58. The summed E-state index contributed by atoms with van der Waals surface area (Å²) in [6.07, 6.45) is 0.995. The van der Waals surface area contributed by atoms with Crippen molar-refractivity contribution in [1.82, 2.24) is 0 Å².